The van der Waals surface area contributed by atoms with Gasteiger partial charge in [0.25, 0.3) is 5.91 Å². The lowest BCUT2D eigenvalue weighted by molar-refractivity contribution is 0.0939. The Morgan fingerprint density at radius 1 is 1.16 bits per heavy atom. The van der Waals surface area contributed by atoms with Gasteiger partial charge in [0.1, 0.15) is 5.69 Å². The van der Waals surface area contributed by atoms with Gasteiger partial charge in [0.05, 0.1) is 16.2 Å². The second kappa shape index (κ2) is 9.62. The molecule has 8 heteroatoms. The number of thioether (sulfide) groups is 1. The van der Waals surface area contributed by atoms with Gasteiger partial charge < -0.3 is 5.32 Å². The summed E-state index contributed by atoms with van der Waals surface area (Å²) in [5.41, 5.74) is 0.316. The number of halogens is 3. The largest absolute Gasteiger partial charge is 0.350 e. The van der Waals surface area contributed by atoms with Crippen molar-refractivity contribution in [3.05, 3.63) is 51.5 Å². The van der Waals surface area contributed by atoms with Crippen LogP contribution in [-0.4, -0.2) is 28.2 Å². The van der Waals surface area contributed by atoms with E-state index < -0.39 is 0 Å². The third-order valence-electron chi connectivity index (χ3n) is 3.81. The molecule has 0 spiro atoms. The van der Waals surface area contributed by atoms with Crippen LogP contribution in [0, 0.1) is 11.8 Å². The first-order chi connectivity index (χ1) is 11.9. The van der Waals surface area contributed by atoms with Crippen LogP contribution in [-0.2, 0) is 0 Å². The highest BCUT2D eigenvalue weighted by molar-refractivity contribution is 7.99. The highest BCUT2D eigenvalue weighted by Crippen LogP contribution is 2.38. The lowest BCUT2D eigenvalue weighted by atomic mass is 9.98. The molecule has 0 aliphatic carbocycles. The van der Waals surface area contributed by atoms with Crippen LogP contribution >= 0.6 is 46.6 Å². The summed E-state index contributed by atoms with van der Waals surface area (Å²) in [5, 5.41) is 4.52. The molecule has 1 aromatic carbocycles. The van der Waals surface area contributed by atoms with E-state index in [2.05, 4.69) is 29.1 Å². The Morgan fingerprint density at radius 2 is 1.84 bits per heavy atom. The van der Waals surface area contributed by atoms with Crippen molar-refractivity contribution in [2.45, 2.75) is 18.7 Å². The summed E-state index contributed by atoms with van der Waals surface area (Å²) in [6.07, 6.45) is 4.48. The van der Waals surface area contributed by atoms with Gasteiger partial charge >= 0.3 is 0 Å². The molecule has 1 N–H and O–H groups in total. The average Bonchev–Trinajstić information content (AvgIpc) is 2.58. The summed E-state index contributed by atoms with van der Waals surface area (Å²) in [5.74, 6) is 1.22. The molecule has 0 saturated heterocycles. The molecule has 0 bridgehead atoms. The van der Waals surface area contributed by atoms with E-state index >= 15 is 0 Å². The molecule has 0 fully saturated rings. The van der Waals surface area contributed by atoms with E-state index in [1.165, 1.54) is 18.6 Å². The first kappa shape index (κ1) is 20.3. The van der Waals surface area contributed by atoms with E-state index in [4.69, 9.17) is 34.8 Å². The van der Waals surface area contributed by atoms with Crippen LogP contribution in [0.25, 0.3) is 0 Å². The molecule has 25 heavy (non-hydrogen) atoms. The number of rotatable bonds is 7. The van der Waals surface area contributed by atoms with Crippen LogP contribution in [0.4, 0.5) is 0 Å². The molecule has 1 aromatic heterocycles. The molecule has 2 unspecified atom stereocenters. The Bertz CT molecular complexity index is 707. The molecule has 1 heterocycles. The molecular weight excluding hydrogens is 401 g/mol. The summed E-state index contributed by atoms with van der Waals surface area (Å²) < 4.78 is 0. The Hall–Kier alpha value is -1.01. The van der Waals surface area contributed by atoms with E-state index in [-0.39, 0.29) is 11.8 Å². The van der Waals surface area contributed by atoms with Gasteiger partial charge in [-0.25, -0.2) is 4.98 Å². The SMILES string of the molecule is CC(CNC(=O)c1cnccn1)C(C)CSc1c(Cl)cc(Cl)cc1Cl. The fourth-order valence-corrected chi connectivity index (χ4v) is 4.30. The van der Waals surface area contributed by atoms with E-state index in [0.29, 0.717) is 33.2 Å². The number of aromatic nitrogens is 2. The first-order valence-electron chi connectivity index (χ1n) is 7.70. The molecular formula is C17H18Cl3N3OS. The summed E-state index contributed by atoms with van der Waals surface area (Å²) in [6, 6.07) is 3.37. The Morgan fingerprint density at radius 3 is 2.44 bits per heavy atom. The average molecular weight is 419 g/mol. The second-order valence-corrected chi connectivity index (χ2v) is 8.05. The molecule has 0 radical (unpaired) electrons. The van der Waals surface area contributed by atoms with Crippen LogP contribution in [0.15, 0.2) is 35.6 Å². The minimum absolute atomic E-state index is 0.219. The van der Waals surface area contributed by atoms with Crippen molar-refractivity contribution in [3.8, 4) is 0 Å². The molecule has 1 amide bonds. The molecule has 4 nitrogen and oxygen atoms in total. The Kier molecular flexibility index (Phi) is 7.81. The molecule has 134 valence electrons. The van der Waals surface area contributed by atoms with Gasteiger partial charge in [-0.2, -0.15) is 0 Å². The minimum Gasteiger partial charge on any atom is -0.350 e. The maximum atomic E-state index is 12.0. The molecule has 2 atom stereocenters. The molecule has 0 aliphatic heterocycles. The number of carbonyl (C=O) groups is 1. The predicted octanol–water partition coefficient (Wildman–Crippen LogP) is 5.23. The molecule has 0 saturated carbocycles. The summed E-state index contributed by atoms with van der Waals surface area (Å²) >= 11 is 19.9. The van der Waals surface area contributed by atoms with Crippen LogP contribution < -0.4 is 5.32 Å². The lowest BCUT2D eigenvalue weighted by Crippen LogP contribution is -2.31. The Balaban J connectivity index is 1.84. The van der Waals surface area contributed by atoms with Crippen LogP contribution in [0.2, 0.25) is 15.1 Å². The smallest absolute Gasteiger partial charge is 0.271 e. The fraction of sp³-hybridized carbons (Fsp3) is 0.353. The second-order valence-electron chi connectivity index (χ2n) is 5.76. The van der Waals surface area contributed by atoms with Crippen molar-refractivity contribution < 1.29 is 4.79 Å². The number of benzene rings is 1. The number of nitrogens with one attached hydrogen (secondary N) is 1. The van der Waals surface area contributed by atoms with Crippen LogP contribution in [0.3, 0.4) is 0 Å². The number of hydrogen-bond donors (Lipinski definition) is 1. The van der Waals surface area contributed by atoms with Crippen molar-refractivity contribution in [1.82, 2.24) is 15.3 Å². The third kappa shape index (κ3) is 6.03. The quantitative estimate of drug-likeness (QED) is 0.625. The van der Waals surface area contributed by atoms with Gasteiger partial charge in [-0.3, -0.25) is 9.78 Å². The monoisotopic (exact) mass is 417 g/mol. The third-order valence-corrected chi connectivity index (χ3v) is 6.26. The first-order valence-corrected chi connectivity index (χ1v) is 9.82. The van der Waals surface area contributed by atoms with Gasteiger partial charge in [-0.15, -0.1) is 11.8 Å². The summed E-state index contributed by atoms with van der Waals surface area (Å²) in [7, 11) is 0. The predicted molar refractivity (Wildman–Crippen MR) is 105 cm³/mol. The van der Waals surface area contributed by atoms with E-state index in [9.17, 15) is 4.79 Å². The highest BCUT2D eigenvalue weighted by atomic mass is 35.5. The zero-order valence-corrected chi connectivity index (χ0v) is 16.9. The maximum absolute atomic E-state index is 12.0. The van der Waals surface area contributed by atoms with Crippen molar-refractivity contribution in [3.63, 3.8) is 0 Å². The van der Waals surface area contributed by atoms with Crippen LogP contribution in [0.1, 0.15) is 24.3 Å². The standard InChI is InChI=1S/C17H18Cl3N3OS/c1-10(7-23-17(24)15-8-21-3-4-22-15)11(2)9-25-16-13(19)5-12(18)6-14(16)20/h3-6,8,10-11H,7,9H2,1-2H3,(H,23,24). The summed E-state index contributed by atoms with van der Waals surface area (Å²) in [6.45, 7) is 4.77. The maximum Gasteiger partial charge on any atom is 0.271 e. The zero-order valence-electron chi connectivity index (χ0n) is 13.8. The van der Waals surface area contributed by atoms with E-state index in [1.807, 2.05) is 0 Å². The van der Waals surface area contributed by atoms with Gasteiger partial charge in [-0.05, 0) is 24.0 Å². The van der Waals surface area contributed by atoms with Gasteiger partial charge in [0.15, 0.2) is 0 Å². The van der Waals surface area contributed by atoms with Crippen molar-refractivity contribution in [2.75, 3.05) is 12.3 Å². The van der Waals surface area contributed by atoms with Crippen LogP contribution in [0.5, 0.6) is 0 Å². The Labute approximate surface area is 166 Å². The van der Waals surface area contributed by atoms with Crippen molar-refractivity contribution >= 4 is 52.5 Å². The van der Waals surface area contributed by atoms with Crippen molar-refractivity contribution in [2.24, 2.45) is 11.8 Å². The number of hydrogen-bond acceptors (Lipinski definition) is 4. The van der Waals surface area contributed by atoms with Gasteiger partial charge in [0, 0.05) is 34.6 Å². The molecule has 2 rings (SSSR count). The van der Waals surface area contributed by atoms with Gasteiger partial charge in [0.2, 0.25) is 0 Å². The number of carbonyl (C=O) groups excluding carboxylic acids is 1. The topological polar surface area (TPSA) is 54.9 Å². The zero-order chi connectivity index (χ0) is 18.4. The highest BCUT2D eigenvalue weighted by Gasteiger charge is 2.17. The number of nitrogens with zero attached hydrogens (tertiary/aromatic N) is 2. The van der Waals surface area contributed by atoms with E-state index in [1.54, 1.807) is 23.9 Å². The van der Waals surface area contributed by atoms with Gasteiger partial charge in [-0.1, -0.05) is 48.7 Å². The van der Waals surface area contributed by atoms with Crippen molar-refractivity contribution in [1.29, 1.82) is 0 Å². The molecule has 0 aliphatic rings. The lowest BCUT2D eigenvalue weighted by Gasteiger charge is -2.20. The number of amides is 1. The molecule has 2 aromatic rings. The summed E-state index contributed by atoms with van der Waals surface area (Å²) in [4.78, 5) is 20.7. The minimum atomic E-state index is -0.219. The fourth-order valence-electron chi connectivity index (χ4n) is 2.01. The van der Waals surface area contributed by atoms with E-state index in [0.717, 1.165) is 10.6 Å². The normalized spacial score (nSPS) is 13.3.